The van der Waals surface area contributed by atoms with Gasteiger partial charge in [0.1, 0.15) is 24.2 Å². The molecule has 1 aromatic heterocycles. The molecule has 1 atom stereocenters. The molecule has 2 aliphatic rings. The first-order chi connectivity index (χ1) is 20.2. The van der Waals surface area contributed by atoms with Gasteiger partial charge in [0.15, 0.2) is 0 Å². The Morgan fingerprint density at radius 1 is 1.02 bits per heavy atom. The normalized spacial score (nSPS) is 17.7. The van der Waals surface area contributed by atoms with Crippen LogP contribution in [0.4, 0.5) is 28.0 Å². The molecule has 1 unspecified atom stereocenters. The van der Waals surface area contributed by atoms with E-state index in [1.54, 1.807) is 24.3 Å². The lowest BCUT2D eigenvalue weighted by Gasteiger charge is -2.31. The van der Waals surface area contributed by atoms with Crippen molar-refractivity contribution in [3.8, 4) is 0 Å². The van der Waals surface area contributed by atoms with Crippen LogP contribution in [-0.4, -0.2) is 78.4 Å². The summed E-state index contributed by atoms with van der Waals surface area (Å²) in [6, 6.07) is 12.0. The van der Waals surface area contributed by atoms with Crippen molar-refractivity contribution in [3.63, 3.8) is 0 Å². The van der Waals surface area contributed by atoms with E-state index in [1.165, 1.54) is 28.3 Å². The number of hydrogen-bond acceptors (Lipinski definition) is 6. The summed E-state index contributed by atoms with van der Waals surface area (Å²) in [4.78, 5) is 30.4. The lowest BCUT2D eigenvalue weighted by atomic mass is 10.0. The zero-order valence-electron chi connectivity index (χ0n) is 22.5. The van der Waals surface area contributed by atoms with Gasteiger partial charge in [0, 0.05) is 38.3 Å². The van der Waals surface area contributed by atoms with Crippen molar-refractivity contribution in [3.05, 3.63) is 89.6 Å². The smallest absolute Gasteiger partial charge is 0.416 e. The van der Waals surface area contributed by atoms with Gasteiger partial charge in [-0.1, -0.05) is 12.1 Å². The number of nitrogens with zero attached hydrogens (tertiary/aromatic N) is 4. The number of hydrazone groups is 1. The van der Waals surface area contributed by atoms with Crippen LogP contribution in [0, 0.1) is 5.82 Å². The van der Waals surface area contributed by atoms with E-state index in [0.29, 0.717) is 56.3 Å². The van der Waals surface area contributed by atoms with Crippen LogP contribution < -0.4 is 5.32 Å². The van der Waals surface area contributed by atoms with Crippen LogP contribution in [0.3, 0.4) is 0 Å². The minimum Gasteiger partial charge on any atom is -0.467 e. The topological polar surface area (TPSA) is 90.6 Å². The number of carbonyl (C=O) groups excluding carboxylic acids is 2. The first kappa shape index (κ1) is 29.3. The second-order valence-electron chi connectivity index (χ2n) is 9.91. The summed E-state index contributed by atoms with van der Waals surface area (Å²) in [5.74, 6) is -0.390. The average Bonchev–Trinajstić information content (AvgIpc) is 3.67. The van der Waals surface area contributed by atoms with Gasteiger partial charge in [0.2, 0.25) is 0 Å². The number of rotatable bonds is 8. The first-order valence-electron chi connectivity index (χ1n) is 13.4. The minimum atomic E-state index is -4.51. The van der Waals surface area contributed by atoms with Crippen LogP contribution in [0.25, 0.3) is 0 Å². The standard InChI is InChI=1S/C29H29F4N5O4/c30-22-7-3-20(4-8-22)24-18-25(26-2-1-15-42-26)38(35-24)27(39)19-37(12-11-36-13-16-41-17-14-36)28(40)34-23-9-5-21(6-10-23)29(31,32)33/h1-10,15,25H,11-14,16-19H2,(H,34,40). The van der Waals surface area contributed by atoms with E-state index in [0.717, 1.165) is 24.3 Å². The van der Waals surface area contributed by atoms with Crippen molar-refractivity contribution in [2.45, 2.75) is 18.6 Å². The maximum Gasteiger partial charge on any atom is 0.416 e. The molecule has 0 aliphatic carbocycles. The van der Waals surface area contributed by atoms with Crippen LogP contribution in [-0.2, 0) is 15.7 Å². The van der Waals surface area contributed by atoms with E-state index in [-0.39, 0.29) is 18.8 Å². The molecule has 5 rings (SSSR count). The summed E-state index contributed by atoms with van der Waals surface area (Å²) in [5.41, 5.74) is 0.516. The number of hydrogen-bond donors (Lipinski definition) is 1. The number of anilines is 1. The van der Waals surface area contributed by atoms with Gasteiger partial charge in [-0.05, 0) is 54.1 Å². The zero-order chi connectivity index (χ0) is 29.7. The molecule has 0 spiro atoms. The Labute approximate surface area is 239 Å². The Bertz CT molecular complexity index is 1390. The second-order valence-corrected chi connectivity index (χ2v) is 9.91. The predicted octanol–water partition coefficient (Wildman–Crippen LogP) is 4.98. The predicted molar refractivity (Wildman–Crippen MR) is 145 cm³/mol. The number of alkyl halides is 3. The molecular weight excluding hydrogens is 558 g/mol. The Balaban J connectivity index is 1.35. The maximum absolute atomic E-state index is 13.7. The molecule has 9 nitrogen and oxygen atoms in total. The third-order valence-corrected chi connectivity index (χ3v) is 7.08. The third-order valence-electron chi connectivity index (χ3n) is 7.08. The van der Waals surface area contributed by atoms with Crippen molar-refractivity contribution in [2.75, 3.05) is 51.3 Å². The Morgan fingerprint density at radius 2 is 1.74 bits per heavy atom. The summed E-state index contributed by atoms with van der Waals surface area (Å²) >= 11 is 0. The van der Waals surface area contributed by atoms with Crippen molar-refractivity contribution in [1.29, 1.82) is 0 Å². The molecule has 1 saturated heterocycles. The molecule has 1 fully saturated rings. The number of nitrogens with one attached hydrogen (secondary N) is 1. The fraction of sp³-hybridized carbons (Fsp3) is 0.345. The highest BCUT2D eigenvalue weighted by Gasteiger charge is 2.36. The molecule has 222 valence electrons. The molecule has 13 heteroatoms. The monoisotopic (exact) mass is 587 g/mol. The van der Waals surface area contributed by atoms with Crippen LogP contribution >= 0.6 is 0 Å². The summed E-state index contributed by atoms with van der Waals surface area (Å²) in [6.45, 7) is 2.72. The SMILES string of the molecule is O=C(Nc1ccc(C(F)(F)F)cc1)N(CCN1CCOCC1)CC(=O)N1N=C(c2ccc(F)cc2)CC1c1ccco1. The van der Waals surface area contributed by atoms with Crippen LogP contribution in [0.15, 0.2) is 76.4 Å². The van der Waals surface area contributed by atoms with E-state index < -0.39 is 35.5 Å². The van der Waals surface area contributed by atoms with Crippen LogP contribution in [0.1, 0.15) is 29.3 Å². The van der Waals surface area contributed by atoms with Gasteiger partial charge < -0.3 is 19.4 Å². The molecule has 3 amide bonds. The van der Waals surface area contributed by atoms with Gasteiger partial charge in [-0.25, -0.2) is 14.2 Å². The molecule has 2 aliphatic heterocycles. The van der Waals surface area contributed by atoms with Gasteiger partial charge in [-0.3, -0.25) is 9.69 Å². The minimum absolute atomic E-state index is 0.156. The summed E-state index contributed by atoms with van der Waals surface area (Å²) in [6.07, 6.45) is -2.71. The van der Waals surface area contributed by atoms with Gasteiger partial charge in [-0.2, -0.15) is 18.3 Å². The van der Waals surface area contributed by atoms with E-state index in [1.807, 2.05) is 0 Å². The quantitative estimate of drug-likeness (QED) is 0.376. The van der Waals surface area contributed by atoms with Crippen molar-refractivity contribution < 1.29 is 36.3 Å². The summed E-state index contributed by atoms with van der Waals surface area (Å²) < 4.78 is 63.4. The fourth-order valence-corrected chi connectivity index (χ4v) is 4.78. The van der Waals surface area contributed by atoms with Crippen molar-refractivity contribution >= 4 is 23.3 Å². The molecular formula is C29H29F4N5O4. The number of halogens is 4. The number of urea groups is 1. The van der Waals surface area contributed by atoms with Crippen molar-refractivity contribution in [1.82, 2.24) is 14.8 Å². The number of carbonyl (C=O) groups is 2. The molecule has 1 N–H and O–H groups in total. The van der Waals surface area contributed by atoms with Gasteiger partial charge in [0.25, 0.3) is 5.91 Å². The number of ether oxygens (including phenoxy) is 1. The van der Waals surface area contributed by atoms with E-state index in [2.05, 4.69) is 15.3 Å². The Kier molecular flexibility index (Phi) is 8.88. The van der Waals surface area contributed by atoms with Gasteiger partial charge >= 0.3 is 12.2 Å². The largest absolute Gasteiger partial charge is 0.467 e. The zero-order valence-corrected chi connectivity index (χ0v) is 22.5. The first-order valence-corrected chi connectivity index (χ1v) is 13.4. The highest BCUT2D eigenvalue weighted by Crippen LogP contribution is 2.33. The van der Waals surface area contributed by atoms with E-state index in [4.69, 9.17) is 9.15 Å². The van der Waals surface area contributed by atoms with Crippen molar-refractivity contribution in [2.24, 2.45) is 5.10 Å². The number of benzene rings is 2. The summed E-state index contributed by atoms with van der Waals surface area (Å²) in [5, 5.41) is 8.40. The number of morpholine rings is 1. The van der Waals surface area contributed by atoms with Crippen LogP contribution in [0.2, 0.25) is 0 Å². The van der Waals surface area contributed by atoms with E-state index >= 15 is 0 Å². The van der Waals surface area contributed by atoms with E-state index in [9.17, 15) is 27.2 Å². The summed E-state index contributed by atoms with van der Waals surface area (Å²) in [7, 11) is 0. The molecule has 3 heterocycles. The lowest BCUT2D eigenvalue weighted by molar-refractivity contribution is -0.137. The van der Waals surface area contributed by atoms with Gasteiger partial charge in [-0.15, -0.1) is 0 Å². The highest BCUT2D eigenvalue weighted by atomic mass is 19.4. The lowest BCUT2D eigenvalue weighted by Crippen LogP contribution is -2.47. The van der Waals surface area contributed by atoms with Gasteiger partial charge in [0.05, 0.1) is 30.8 Å². The molecule has 42 heavy (non-hydrogen) atoms. The molecule has 0 bridgehead atoms. The number of furan rings is 1. The molecule has 2 aromatic carbocycles. The second kappa shape index (κ2) is 12.7. The maximum atomic E-state index is 13.7. The third kappa shape index (κ3) is 7.15. The Hall–Kier alpha value is -4.23. The highest BCUT2D eigenvalue weighted by molar-refractivity contribution is 6.03. The Morgan fingerprint density at radius 3 is 2.38 bits per heavy atom. The molecule has 0 radical (unpaired) electrons. The van der Waals surface area contributed by atoms with Crippen LogP contribution in [0.5, 0.6) is 0 Å². The molecule has 0 saturated carbocycles. The molecule has 3 aromatic rings. The fourth-order valence-electron chi connectivity index (χ4n) is 4.78. The average molecular weight is 588 g/mol. The number of amides is 3.